The fourth-order valence-electron chi connectivity index (χ4n) is 2.48. The summed E-state index contributed by atoms with van der Waals surface area (Å²) in [5, 5.41) is 9.20. The molecule has 1 saturated heterocycles. The van der Waals surface area contributed by atoms with Crippen molar-refractivity contribution in [2.24, 2.45) is 0 Å². The molecule has 19 heavy (non-hydrogen) atoms. The molecule has 0 aromatic heterocycles. The van der Waals surface area contributed by atoms with Gasteiger partial charge in [-0.1, -0.05) is 0 Å². The second kappa shape index (κ2) is 6.32. The molecular weight excluding hydrogens is 249 g/mol. The molecule has 0 radical (unpaired) electrons. The van der Waals surface area contributed by atoms with E-state index in [9.17, 15) is 9.50 Å². The van der Waals surface area contributed by atoms with Crippen molar-refractivity contribution in [3.63, 3.8) is 0 Å². The molecule has 1 heterocycles. The molecule has 5 heteroatoms. The van der Waals surface area contributed by atoms with E-state index in [0.717, 1.165) is 12.1 Å². The zero-order chi connectivity index (χ0) is 13.8. The highest BCUT2D eigenvalue weighted by atomic mass is 19.1. The zero-order valence-corrected chi connectivity index (χ0v) is 11.3. The number of hydrogen-bond acceptors (Lipinski definition) is 4. The van der Waals surface area contributed by atoms with Crippen molar-refractivity contribution in [2.45, 2.75) is 25.7 Å². The van der Waals surface area contributed by atoms with Gasteiger partial charge in [0.2, 0.25) is 0 Å². The van der Waals surface area contributed by atoms with Crippen LogP contribution in [0.1, 0.15) is 12.5 Å². The topological polar surface area (TPSA) is 41.9 Å². The second-order valence-corrected chi connectivity index (χ2v) is 4.90. The van der Waals surface area contributed by atoms with Crippen LogP contribution >= 0.6 is 0 Å². The van der Waals surface area contributed by atoms with Crippen molar-refractivity contribution < 1.29 is 19.0 Å². The Morgan fingerprint density at radius 2 is 2.26 bits per heavy atom. The van der Waals surface area contributed by atoms with E-state index in [-0.39, 0.29) is 24.6 Å². The molecule has 0 aliphatic carbocycles. The molecular formula is C14H20FNO3. The number of methoxy groups -OCH3 is 1. The van der Waals surface area contributed by atoms with E-state index in [2.05, 4.69) is 4.90 Å². The fraction of sp³-hybridized carbons (Fsp3) is 0.571. The smallest absolute Gasteiger partial charge is 0.123 e. The third-order valence-electron chi connectivity index (χ3n) is 3.24. The Balaban J connectivity index is 2.09. The van der Waals surface area contributed by atoms with Crippen LogP contribution in [0.15, 0.2) is 18.2 Å². The number of ether oxygens (including phenoxy) is 2. The number of nitrogens with zero attached hydrogens (tertiary/aromatic N) is 1. The molecule has 1 N–H and O–H groups in total. The number of rotatable bonds is 4. The lowest BCUT2D eigenvalue weighted by Gasteiger charge is -2.36. The van der Waals surface area contributed by atoms with Crippen molar-refractivity contribution in [2.75, 3.05) is 26.8 Å². The molecule has 0 saturated carbocycles. The third-order valence-corrected chi connectivity index (χ3v) is 3.24. The fourth-order valence-corrected chi connectivity index (χ4v) is 2.48. The van der Waals surface area contributed by atoms with Gasteiger partial charge in [0.1, 0.15) is 11.6 Å². The van der Waals surface area contributed by atoms with Crippen LogP contribution in [-0.2, 0) is 11.3 Å². The predicted octanol–water partition coefficient (Wildman–Crippen LogP) is 1.42. The lowest BCUT2D eigenvalue weighted by atomic mass is 10.1. The molecule has 1 aromatic rings. The number of morpholine rings is 1. The summed E-state index contributed by atoms with van der Waals surface area (Å²) in [4.78, 5) is 2.15. The molecule has 1 aromatic carbocycles. The normalized spacial score (nSPS) is 24.4. The van der Waals surface area contributed by atoms with Gasteiger partial charge in [0.25, 0.3) is 0 Å². The van der Waals surface area contributed by atoms with Crippen LogP contribution in [0.4, 0.5) is 4.39 Å². The van der Waals surface area contributed by atoms with Gasteiger partial charge in [0.15, 0.2) is 0 Å². The van der Waals surface area contributed by atoms with Gasteiger partial charge in [0.05, 0.1) is 25.9 Å². The number of hydrogen-bond donors (Lipinski definition) is 1. The first kappa shape index (κ1) is 14.2. The quantitative estimate of drug-likeness (QED) is 0.897. The molecule has 2 rings (SSSR count). The van der Waals surface area contributed by atoms with Crippen LogP contribution < -0.4 is 4.74 Å². The Morgan fingerprint density at radius 3 is 2.95 bits per heavy atom. The summed E-state index contributed by atoms with van der Waals surface area (Å²) in [5.74, 6) is 0.414. The summed E-state index contributed by atoms with van der Waals surface area (Å²) in [6, 6.07) is 4.52. The Morgan fingerprint density at radius 1 is 1.47 bits per heavy atom. The summed E-state index contributed by atoms with van der Waals surface area (Å²) >= 11 is 0. The van der Waals surface area contributed by atoms with Crippen molar-refractivity contribution in [3.8, 4) is 5.75 Å². The van der Waals surface area contributed by atoms with Crippen LogP contribution in [0, 0.1) is 5.82 Å². The number of aliphatic hydroxyl groups is 1. The summed E-state index contributed by atoms with van der Waals surface area (Å²) in [6.07, 6.45) is -0.117. The van der Waals surface area contributed by atoms with Crippen molar-refractivity contribution in [3.05, 3.63) is 29.6 Å². The first-order valence-electron chi connectivity index (χ1n) is 6.43. The summed E-state index contributed by atoms with van der Waals surface area (Å²) < 4.78 is 24.2. The van der Waals surface area contributed by atoms with E-state index in [1.54, 1.807) is 13.2 Å². The van der Waals surface area contributed by atoms with E-state index in [1.807, 2.05) is 6.92 Å². The molecule has 1 fully saturated rings. The monoisotopic (exact) mass is 269 g/mol. The van der Waals surface area contributed by atoms with Gasteiger partial charge < -0.3 is 14.6 Å². The van der Waals surface area contributed by atoms with Gasteiger partial charge in [-0.15, -0.1) is 0 Å². The maximum Gasteiger partial charge on any atom is 0.123 e. The first-order valence-corrected chi connectivity index (χ1v) is 6.43. The average molecular weight is 269 g/mol. The van der Waals surface area contributed by atoms with Crippen LogP contribution in [0.3, 0.4) is 0 Å². The largest absolute Gasteiger partial charge is 0.496 e. The minimum atomic E-state index is -0.268. The molecule has 4 nitrogen and oxygen atoms in total. The number of benzene rings is 1. The Labute approximate surface area is 112 Å². The van der Waals surface area contributed by atoms with Gasteiger partial charge in [-0.25, -0.2) is 4.39 Å². The van der Waals surface area contributed by atoms with Gasteiger partial charge >= 0.3 is 0 Å². The third kappa shape index (κ3) is 3.65. The van der Waals surface area contributed by atoms with E-state index in [1.165, 1.54) is 12.1 Å². The van der Waals surface area contributed by atoms with Gasteiger partial charge in [-0.05, 0) is 25.1 Å². The maximum atomic E-state index is 13.3. The van der Waals surface area contributed by atoms with Crippen molar-refractivity contribution >= 4 is 0 Å². The van der Waals surface area contributed by atoms with E-state index < -0.39 is 0 Å². The molecule has 0 amide bonds. The Hall–Kier alpha value is -1.17. The molecule has 2 atom stereocenters. The number of halogens is 1. The van der Waals surface area contributed by atoms with Gasteiger partial charge in [-0.3, -0.25) is 4.90 Å². The summed E-state index contributed by atoms with van der Waals surface area (Å²) in [6.45, 7) is 3.96. The standard InChI is InChI=1S/C14H20FNO3/c1-10-6-16(8-13(9-17)19-10)7-11-5-12(15)3-4-14(11)18-2/h3-5,10,13,17H,6-9H2,1-2H3. The minimum absolute atomic E-state index is 0.00112. The SMILES string of the molecule is COc1ccc(F)cc1CN1CC(C)OC(CO)C1. The minimum Gasteiger partial charge on any atom is -0.496 e. The highest BCUT2D eigenvalue weighted by Crippen LogP contribution is 2.23. The van der Waals surface area contributed by atoms with Crippen LogP contribution in [0.25, 0.3) is 0 Å². The first-order chi connectivity index (χ1) is 9.12. The average Bonchev–Trinajstić information content (AvgIpc) is 2.38. The Bertz CT molecular complexity index is 427. The summed E-state index contributed by atoms with van der Waals surface area (Å²) in [7, 11) is 1.58. The highest BCUT2D eigenvalue weighted by molar-refractivity contribution is 5.33. The highest BCUT2D eigenvalue weighted by Gasteiger charge is 2.25. The number of aliphatic hydroxyl groups excluding tert-OH is 1. The summed E-state index contributed by atoms with van der Waals surface area (Å²) in [5.41, 5.74) is 0.813. The van der Waals surface area contributed by atoms with E-state index in [0.29, 0.717) is 18.8 Å². The van der Waals surface area contributed by atoms with Crippen molar-refractivity contribution in [1.29, 1.82) is 0 Å². The van der Waals surface area contributed by atoms with Crippen molar-refractivity contribution in [1.82, 2.24) is 4.90 Å². The lowest BCUT2D eigenvalue weighted by molar-refractivity contribution is -0.0973. The van der Waals surface area contributed by atoms with Gasteiger partial charge in [-0.2, -0.15) is 0 Å². The second-order valence-electron chi connectivity index (χ2n) is 4.90. The van der Waals surface area contributed by atoms with E-state index in [4.69, 9.17) is 9.47 Å². The van der Waals surface area contributed by atoms with Crippen LogP contribution in [-0.4, -0.2) is 49.0 Å². The molecule has 2 unspecified atom stereocenters. The molecule has 0 bridgehead atoms. The molecule has 1 aliphatic heterocycles. The lowest BCUT2D eigenvalue weighted by Crippen LogP contribution is -2.47. The molecule has 106 valence electrons. The van der Waals surface area contributed by atoms with E-state index >= 15 is 0 Å². The van der Waals surface area contributed by atoms with Crippen LogP contribution in [0.5, 0.6) is 5.75 Å². The Kier molecular flexibility index (Phi) is 4.74. The van der Waals surface area contributed by atoms with Crippen LogP contribution in [0.2, 0.25) is 0 Å². The predicted molar refractivity (Wildman–Crippen MR) is 69.6 cm³/mol. The molecule has 1 aliphatic rings. The molecule has 0 spiro atoms. The van der Waals surface area contributed by atoms with Gasteiger partial charge in [0, 0.05) is 25.2 Å². The maximum absolute atomic E-state index is 13.3. The zero-order valence-electron chi connectivity index (χ0n) is 11.3.